The third kappa shape index (κ3) is 3.72. The molecule has 0 aromatic carbocycles. The van der Waals surface area contributed by atoms with Crippen LogP contribution in [0.3, 0.4) is 0 Å². The Kier molecular flexibility index (Phi) is 6.78. The second-order valence-electron chi connectivity index (χ2n) is 7.68. The van der Waals surface area contributed by atoms with Crippen LogP contribution in [0.25, 0.3) is 10.2 Å². The first-order chi connectivity index (χ1) is 13.1. The maximum Gasteiger partial charge on any atom is 0.264 e. The smallest absolute Gasteiger partial charge is 0.264 e. The minimum Gasteiger partial charge on any atom is -0.334 e. The molecule has 1 fully saturated rings. The van der Waals surface area contributed by atoms with Crippen molar-refractivity contribution in [2.24, 2.45) is 0 Å². The van der Waals surface area contributed by atoms with E-state index in [0.717, 1.165) is 80.9 Å². The summed E-state index contributed by atoms with van der Waals surface area (Å²) in [5, 5.41) is 4.00. The SMILES string of the molecule is CCCN(C(=O)c1sc2nc3n(c(=O)c2c1C)CCCCC3)C1CCNC1.Cl. The third-order valence-corrected chi connectivity index (χ3v) is 6.98. The van der Waals surface area contributed by atoms with Gasteiger partial charge < -0.3 is 10.2 Å². The standard InChI is InChI=1S/C20H28N4O2S.ClH/c1-3-10-23(14-8-9-21-12-14)20(26)17-13(2)16-18(27-17)22-15-7-5-4-6-11-24(15)19(16)25;/h14,21H,3-12H2,1-2H3;1H. The molecule has 1 saturated heterocycles. The Morgan fingerprint density at radius 1 is 1.36 bits per heavy atom. The number of rotatable bonds is 4. The molecule has 1 N–H and O–H groups in total. The summed E-state index contributed by atoms with van der Waals surface area (Å²) in [5.41, 5.74) is 0.846. The average molecular weight is 425 g/mol. The fraction of sp³-hybridized carbons (Fsp3) is 0.650. The quantitative estimate of drug-likeness (QED) is 0.818. The van der Waals surface area contributed by atoms with Crippen LogP contribution in [0.2, 0.25) is 0 Å². The number of thiophene rings is 1. The molecule has 1 atom stereocenters. The van der Waals surface area contributed by atoms with Crippen LogP contribution in [-0.2, 0) is 13.0 Å². The molecule has 1 amide bonds. The number of carbonyl (C=O) groups excluding carboxylic acids is 1. The van der Waals surface area contributed by atoms with Gasteiger partial charge in [-0.2, -0.15) is 0 Å². The molecule has 0 radical (unpaired) electrons. The van der Waals surface area contributed by atoms with Crippen molar-refractivity contribution in [3.05, 3.63) is 26.6 Å². The number of nitrogens with zero attached hydrogens (tertiary/aromatic N) is 3. The summed E-state index contributed by atoms with van der Waals surface area (Å²) in [6.07, 6.45) is 6.01. The van der Waals surface area contributed by atoms with Crippen LogP contribution < -0.4 is 10.9 Å². The van der Waals surface area contributed by atoms with Gasteiger partial charge in [0, 0.05) is 32.1 Å². The van der Waals surface area contributed by atoms with Crippen LogP contribution in [0.5, 0.6) is 0 Å². The Bertz CT molecular complexity index is 917. The van der Waals surface area contributed by atoms with Gasteiger partial charge in [-0.25, -0.2) is 4.98 Å². The van der Waals surface area contributed by atoms with Crippen molar-refractivity contribution < 1.29 is 4.79 Å². The van der Waals surface area contributed by atoms with E-state index in [9.17, 15) is 9.59 Å². The second-order valence-corrected chi connectivity index (χ2v) is 8.68. The lowest BCUT2D eigenvalue weighted by Gasteiger charge is -2.28. The van der Waals surface area contributed by atoms with E-state index < -0.39 is 0 Å². The highest BCUT2D eigenvalue weighted by Gasteiger charge is 2.30. The van der Waals surface area contributed by atoms with Crippen molar-refractivity contribution in [1.29, 1.82) is 0 Å². The summed E-state index contributed by atoms with van der Waals surface area (Å²) >= 11 is 1.40. The summed E-state index contributed by atoms with van der Waals surface area (Å²) in [6.45, 7) is 7.32. The molecule has 1 unspecified atom stereocenters. The molecule has 154 valence electrons. The highest BCUT2D eigenvalue weighted by atomic mass is 35.5. The zero-order chi connectivity index (χ0) is 19.0. The lowest BCUT2D eigenvalue weighted by molar-refractivity contribution is 0.0696. The highest BCUT2D eigenvalue weighted by Crippen LogP contribution is 2.30. The molecule has 0 saturated carbocycles. The minimum absolute atomic E-state index is 0. The predicted molar refractivity (Wildman–Crippen MR) is 116 cm³/mol. The normalized spacial score (nSPS) is 19.1. The average Bonchev–Trinajstić information content (AvgIpc) is 3.22. The first-order valence-corrected chi connectivity index (χ1v) is 11.0. The number of amides is 1. The van der Waals surface area contributed by atoms with E-state index >= 15 is 0 Å². The first-order valence-electron chi connectivity index (χ1n) is 10.2. The van der Waals surface area contributed by atoms with Crippen molar-refractivity contribution in [3.63, 3.8) is 0 Å². The molecule has 4 heterocycles. The number of carbonyl (C=O) groups is 1. The topological polar surface area (TPSA) is 67.2 Å². The van der Waals surface area contributed by atoms with Gasteiger partial charge in [0.2, 0.25) is 0 Å². The van der Waals surface area contributed by atoms with E-state index in [1.807, 2.05) is 16.4 Å². The van der Waals surface area contributed by atoms with Gasteiger partial charge in [-0.05, 0) is 44.7 Å². The summed E-state index contributed by atoms with van der Waals surface area (Å²) in [7, 11) is 0. The van der Waals surface area contributed by atoms with Crippen LogP contribution in [0.15, 0.2) is 4.79 Å². The van der Waals surface area contributed by atoms with Crippen molar-refractivity contribution >= 4 is 39.9 Å². The molecule has 28 heavy (non-hydrogen) atoms. The summed E-state index contributed by atoms with van der Waals surface area (Å²) in [4.78, 5) is 34.7. The Hall–Kier alpha value is -1.44. The summed E-state index contributed by atoms with van der Waals surface area (Å²) < 4.78 is 1.84. The van der Waals surface area contributed by atoms with Gasteiger partial charge in [0.25, 0.3) is 11.5 Å². The predicted octanol–water partition coefficient (Wildman–Crippen LogP) is 3.13. The molecule has 0 spiro atoms. The minimum atomic E-state index is 0. The lowest BCUT2D eigenvalue weighted by atomic mass is 10.1. The number of aryl methyl sites for hydroxylation is 2. The van der Waals surface area contributed by atoms with Crippen molar-refractivity contribution in [2.45, 2.75) is 65.0 Å². The van der Waals surface area contributed by atoms with Gasteiger partial charge in [0.15, 0.2) is 0 Å². The monoisotopic (exact) mass is 424 g/mol. The Morgan fingerprint density at radius 3 is 2.89 bits per heavy atom. The molecule has 2 aliphatic rings. The Labute approximate surface area is 175 Å². The van der Waals surface area contributed by atoms with Crippen LogP contribution >= 0.6 is 23.7 Å². The molecular weight excluding hydrogens is 396 g/mol. The van der Waals surface area contributed by atoms with E-state index in [2.05, 4.69) is 12.2 Å². The summed E-state index contributed by atoms with van der Waals surface area (Å²) in [5.74, 6) is 0.946. The zero-order valence-electron chi connectivity index (χ0n) is 16.6. The maximum atomic E-state index is 13.4. The number of nitrogens with one attached hydrogen (secondary N) is 1. The zero-order valence-corrected chi connectivity index (χ0v) is 18.3. The maximum absolute atomic E-state index is 13.4. The Balaban J connectivity index is 0.00000225. The van der Waals surface area contributed by atoms with E-state index in [1.54, 1.807) is 0 Å². The third-order valence-electron chi connectivity index (χ3n) is 5.81. The molecule has 8 heteroatoms. The van der Waals surface area contributed by atoms with Gasteiger partial charge >= 0.3 is 0 Å². The number of aromatic nitrogens is 2. The molecule has 0 bridgehead atoms. The highest BCUT2D eigenvalue weighted by molar-refractivity contribution is 7.20. The second kappa shape index (κ2) is 8.93. The van der Waals surface area contributed by atoms with Crippen molar-refractivity contribution in [3.8, 4) is 0 Å². The van der Waals surface area contributed by atoms with Gasteiger partial charge in [-0.1, -0.05) is 13.3 Å². The molecule has 6 nitrogen and oxygen atoms in total. The largest absolute Gasteiger partial charge is 0.334 e. The van der Waals surface area contributed by atoms with Gasteiger partial charge in [-0.15, -0.1) is 23.7 Å². The van der Waals surface area contributed by atoms with Crippen LogP contribution in [0.4, 0.5) is 0 Å². The number of fused-ring (bicyclic) bond motifs is 2. The van der Waals surface area contributed by atoms with Crippen molar-refractivity contribution in [1.82, 2.24) is 19.8 Å². The molecular formula is C20H29ClN4O2S. The van der Waals surface area contributed by atoms with E-state index in [1.165, 1.54) is 11.3 Å². The summed E-state index contributed by atoms with van der Waals surface area (Å²) in [6, 6.07) is 0.243. The molecule has 0 aliphatic carbocycles. The van der Waals surface area contributed by atoms with E-state index in [-0.39, 0.29) is 29.9 Å². The van der Waals surface area contributed by atoms with Gasteiger partial charge in [-0.3, -0.25) is 14.2 Å². The lowest BCUT2D eigenvalue weighted by Crippen LogP contribution is -2.42. The first kappa shape index (κ1) is 21.3. The van der Waals surface area contributed by atoms with E-state index in [0.29, 0.717) is 10.3 Å². The molecule has 4 rings (SSSR count). The number of hydrogen-bond acceptors (Lipinski definition) is 5. The van der Waals surface area contributed by atoms with Gasteiger partial charge in [0.1, 0.15) is 10.7 Å². The molecule has 2 aromatic heterocycles. The van der Waals surface area contributed by atoms with Crippen molar-refractivity contribution in [2.75, 3.05) is 19.6 Å². The van der Waals surface area contributed by atoms with E-state index in [4.69, 9.17) is 4.98 Å². The van der Waals surface area contributed by atoms with Crippen LogP contribution in [0, 0.1) is 6.92 Å². The van der Waals surface area contributed by atoms with Crippen LogP contribution in [-0.4, -0.2) is 46.0 Å². The molecule has 2 aliphatic heterocycles. The fourth-order valence-electron chi connectivity index (χ4n) is 4.34. The molecule has 2 aromatic rings. The number of hydrogen-bond donors (Lipinski definition) is 1. The Morgan fingerprint density at radius 2 is 2.18 bits per heavy atom. The van der Waals surface area contributed by atoms with Gasteiger partial charge in [0.05, 0.1) is 10.3 Å². The van der Waals surface area contributed by atoms with Crippen LogP contribution in [0.1, 0.15) is 60.1 Å². The fourth-order valence-corrected chi connectivity index (χ4v) is 5.49. The number of halogens is 1.